The fraction of sp³-hybridized carbons (Fsp3) is 0.250. The van der Waals surface area contributed by atoms with E-state index in [0.29, 0.717) is 21.9 Å². The van der Waals surface area contributed by atoms with Gasteiger partial charge < -0.3 is 9.84 Å². The molecular weight excluding hydrogens is 279 g/mol. The highest BCUT2D eigenvalue weighted by Crippen LogP contribution is 2.37. The number of benzene rings is 2. The van der Waals surface area contributed by atoms with E-state index in [2.05, 4.69) is 0 Å². The Morgan fingerprint density at radius 1 is 1.20 bits per heavy atom. The summed E-state index contributed by atoms with van der Waals surface area (Å²) in [5.74, 6) is 0.206. The van der Waals surface area contributed by atoms with Gasteiger partial charge in [-0.05, 0) is 55.7 Å². The van der Waals surface area contributed by atoms with Crippen molar-refractivity contribution in [2.45, 2.75) is 25.9 Å². The summed E-state index contributed by atoms with van der Waals surface area (Å²) in [4.78, 5) is 0. The summed E-state index contributed by atoms with van der Waals surface area (Å²) in [6.07, 6.45) is 2.31. The van der Waals surface area contributed by atoms with Gasteiger partial charge in [0.05, 0.1) is 6.10 Å². The molecule has 0 saturated heterocycles. The summed E-state index contributed by atoms with van der Waals surface area (Å²) in [5.41, 5.74) is 1.42. The third kappa shape index (κ3) is 2.59. The van der Waals surface area contributed by atoms with Crippen LogP contribution >= 0.6 is 11.6 Å². The molecule has 0 atom stereocenters. The molecule has 2 aromatic carbocycles. The molecule has 1 N–H and O–H groups in total. The molecule has 0 aromatic heterocycles. The largest absolute Gasteiger partial charge is 0.507 e. The van der Waals surface area contributed by atoms with Crippen molar-refractivity contribution in [3.05, 3.63) is 46.7 Å². The third-order valence-electron chi connectivity index (χ3n) is 3.33. The second kappa shape index (κ2) is 4.98. The third-order valence-corrected chi connectivity index (χ3v) is 3.74. The lowest BCUT2D eigenvalue weighted by molar-refractivity contribution is 0.303. The van der Waals surface area contributed by atoms with Crippen LogP contribution in [-0.2, 0) is 0 Å². The molecule has 0 amide bonds. The number of aryl methyl sites for hydroxylation is 1. The summed E-state index contributed by atoms with van der Waals surface area (Å²) in [6.45, 7) is 1.79. The highest BCUT2D eigenvalue weighted by molar-refractivity contribution is 6.31. The Hall–Kier alpha value is -1.74. The minimum atomic E-state index is -0.414. The summed E-state index contributed by atoms with van der Waals surface area (Å²) in [7, 11) is 0. The van der Waals surface area contributed by atoms with Gasteiger partial charge in [-0.1, -0.05) is 11.6 Å². The van der Waals surface area contributed by atoms with E-state index >= 15 is 0 Å². The second-order valence-corrected chi connectivity index (χ2v) is 5.48. The standard InChI is InChI=1S/C16H14ClFO2/c1-9-6-16(19)13(8-14(9)17)12-7-11(4-5-15(12)18)20-10-2-3-10/h4-8,10,19H,2-3H2,1H3. The SMILES string of the molecule is Cc1cc(O)c(-c2cc(OC3CC3)ccc2F)cc1Cl. The summed E-state index contributed by atoms with van der Waals surface area (Å²) in [6, 6.07) is 7.66. The molecule has 0 heterocycles. The number of hydrogen-bond acceptors (Lipinski definition) is 2. The van der Waals surface area contributed by atoms with Crippen LogP contribution < -0.4 is 4.74 Å². The van der Waals surface area contributed by atoms with E-state index in [0.717, 1.165) is 18.4 Å². The van der Waals surface area contributed by atoms with Gasteiger partial charge in [-0.15, -0.1) is 0 Å². The lowest BCUT2D eigenvalue weighted by atomic mass is 10.0. The Morgan fingerprint density at radius 2 is 1.95 bits per heavy atom. The molecule has 20 heavy (non-hydrogen) atoms. The monoisotopic (exact) mass is 292 g/mol. The number of aromatic hydroxyl groups is 1. The van der Waals surface area contributed by atoms with Gasteiger partial charge in [-0.2, -0.15) is 0 Å². The molecular formula is C16H14ClFO2. The maximum Gasteiger partial charge on any atom is 0.131 e. The van der Waals surface area contributed by atoms with Gasteiger partial charge in [-0.25, -0.2) is 4.39 Å². The number of phenolic OH excluding ortho intramolecular Hbond substituents is 1. The Morgan fingerprint density at radius 3 is 2.65 bits per heavy atom. The molecule has 3 rings (SSSR count). The maximum atomic E-state index is 14.0. The number of halogens is 2. The van der Waals surface area contributed by atoms with Crippen LogP contribution in [0.25, 0.3) is 11.1 Å². The van der Waals surface area contributed by atoms with Gasteiger partial charge in [0.25, 0.3) is 0 Å². The number of rotatable bonds is 3. The zero-order chi connectivity index (χ0) is 14.3. The van der Waals surface area contributed by atoms with E-state index in [4.69, 9.17) is 16.3 Å². The van der Waals surface area contributed by atoms with Crippen molar-refractivity contribution >= 4 is 11.6 Å². The Kier molecular flexibility index (Phi) is 3.30. The van der Waals surface area contributed by atoms with Crippen molar-refractivity contribution < 1.29 is 14.2 Å². The topological polar surface area (TPSA) is 29.5 Å². The van der Waals surface area contributed by atoms with Crippen LogP contribution in [0.4, 0.5) is 4.39 Å². The van der Waals surface area contributed by atoms with Gasteiger partial charge in [0.2, 0.25) is 0 Å². The molecule has 0 spiro atoms. The first-order valence-corrected chi connectivity index (χ1v) is 6.88. The molecule has 0 radical (unpaired) electrons. The summed E-state index contributed by atoms with van der Waals surface area (Å²) >= 11 is 6.06. The predicted octanol–water partition coefficient (Wildman–Crippen LogP) is 4.70. The predicted molar refractivity (Wildman–Crippen MR) is 76.9 cm³/mol. The van der Waals surface area contributed by atoms with Gasteiger partial charge in [0.1, 0.15) is 17.3 Å². The van der Waals surface area contributed by atoms with E-state index in [1.165, 1.54) is 12.1 Å². The molecule has 0 bridgehead atoms. The zero-order valence-electron chi connectivity index (χ0n) is 11.0. The van der Waals surface area contributed by atoms with Crippen LogP contribution in [-0.4, -0.2) is 11.2 Å². The molecule has 0 unspecified atom stereocenters. The Balaban J connectivity index is 2.05. The van der Waals surface area contributed by atoms with E-state index in [1.807, 2.05) is 0 Å². The fourth-order valence-electron chi connectivity index (χ4n) is 2.04. The molecule has 1 aliphatic rings. The zero-order valence-corrected chi connectivity index (χ0v) is 11.7. The molecule has 2 nitrogen and oxygen atoms in total. The lowest BCUT2D eigenvalue weighted by Gasteiger charge is -2.11. The first kappa shape index (κ1) is 13.3. The Bertz CT molecular complexity index is 666. The van der Waals surface area contributed by atoms with Crippen LogP contribution in [0.15, 0.2) is 30.3 Å². The van der Waals surface area contributed by atoms with Gasteiger partial charge >= 0.3 is 0 Å². The van der Waals surface area contributed by atoms with Crippen molar-refractivity contribution in [2.24, 2.45) is 0 Å². The molecule has 2 aromatic rings. The van der Waals surface area contributed by atoms with E-state index in [-0.39, 0.29) is 11.9 Å². The first-order chi connectivity index (χ1) is 9.54. The van der Waals surface area contributed by atoms with E-state index in [1.54, 1.807) is 25.1 Å². The summed E-state index contributed by atoms with van der Waals surface area (Å²) < 4.78 is 19.7. The van der Waals surface area contributed by atoms with Crippen molar-refractivity contribution in [1.82, 2.24) is 0 Å². The molecule has 0 aliphatic heterocycles. The van der Waals surface area contributed by atoms with Gasteiger partial charge in [-0.3, -0.25) is 0 Å². The van der Waals surface area contributed by atoms with E-state index in [9.17, 15) is 9.50 Å². The highest BCUT2D eigenvalue weighted by Gasteiger charge is 2.24. The van der Waals surface area contributed by atoms with Crippen LogP contribution in [0, 0.1) is 12.7 Å². The van der Waals surface area contributed by atoms with E-state index < -0.39 is 5.82 Å². The number of phenols is 1. The average Bonchev–Trinajstić information content (AvgIpc) is 3.20. The molecule has 1 fully saturated rings. The van der Waals surface area contributed by atoms with Crippen LogP contribution in [0.1, 0.15) is 18.4 Å². The van der Waals surface area contributed by atoms with Gasteiger partial charge in [0, 0.05) is 16.1 Å². The van der Waals surface area contributed by atoms with Crippen LogP contribution in [0.3, 0.4) is 0 Å². The number of ether oxygens (including phenoxy) is 1. The molecule has 1 aliphatic carbocycles. The normalized spacial score (nSPS) is 14.3. The van der Waals surface area contributed by atoms with Crippen LogP contribution in [0.2, 0.25) is 5.02 Å². The van der Waals surface area contributed by atoms with Gasteiger partial charge in [0.15, 0.2) is 0 Å². The van der Waals surface area contributed by atoms with Crippen molar-refractivity contribution in [2.75, 3.05) is 0 Å². The minimum Gasteiger partial charge on any atom is -0.507 e. The Labute approximate surface area is 121 Å². The lowest BCUT2D eigenvalue weighted by Crippen LogP contribution is -1.97. The highest BCUT2D eigenvalue weighted by atomic mass is 35.5. The van der Waals surface area contributed by atoms with Crippen molar-refractivity contribution in [1.29, 1.82) is 0 Å². The second-order valence-electron chi connectivity index (χ2n) is 5.08. The molecule has 104 valence electrons. The molecule has 1 saturated carbocycles. The number of hydrogen-bond donors (Lipinski definition) is 1. The minimum absolute atomic E-state index is 0.00868. The first-order valence-electron chi connectivity index (χ1n) is 6.50. The van der Waals surface area contributed by atoms with Crippen molar-refractivity contribution in [3.63, 3.8) is 0 Å². The smallest absolute Gasteiger partial charge is 0.131 e. The fourth-order valence-corrected chi connectivity index (χ4v) is 2.21. The van der Waals surface area contributed by atoms with Crippen molar-refractivity contribution in [3.8, 4) is 22.6 Å². The van der Waals surface area contributed by atoms with Crippen LogP contribution in [0.5, 0.6) is 11.5 Å². The summed E-state index contributed by atoms with van der Waals surface area (Å²) in [5, 5.41) is 10.5. The molecule has 4 heteroatoms. The quantitative estimate of drug-likeness (QED) is 0.888. The maximum absolute atomic E-state index is 14.0. The average molecular weight is 293 g/mol.